The van der Waals surface area contributed by atoms with Gasteiger partial charge in [-0.3, -0.25) is 0 Å². The SMILES string of the molecule is CC(C)Cc1cc(C(C)(C)C)c(OC(=O)OC(C)(C)C)c(C(C)(C)C)c1. The van der Waals surface area contributed by atoms with Crippen molar-refractivity contribution in [3.63, 3.8) is 0 Å². The molecule has 0 saturated heterocycles. The predicted molar refractivity (Wildman–Crippen MR) is 109 cm³/mol. The van der Waals surface area contributed by atoms with Gasteiger partial charge in [-0.1, -0.05) is 67.5 Å². The van der Waals surface area contributed by atoms with Crippen LogP contribution in [0.1, 0.15) is 92.9 Å². The van der Waals surface area contributed by atoms with Gasteiger partial charge in [0.2, 0.25) is 0 Å². The van der Waals surface area contributed by atoms with Crippen molar-refractivity contribution < 1.29 is 14.3 Å². The molecule has 0 radical (unpaired) electrons. The summed E-state index contributed by atoms with van der Waals surface area (Å²) in [5, 5.41) is 0. The molecule has 0 aliphatic carbocycles. The van der Waals surface area contributed by atoms with Crippen molar-refractivity contribution in [2.45, 2.75) is 99.0 Å². The van der Waals surface area contributed by atoms with Gasteiger partial charge in [0.15, 0.2) is 0 Å². The Morgan fingerprint density at radius 2 is 1.31 bits per heavy atom. The first-order valence-corrected chi connectivity index (χ1v) is 9.59. The summed E-state index contributed by atoms with van der Waals surface area (Å²) in [6, 6.07) is 4.38. The molecule has 0 aromatic heterocycles. The van der Waals surface area contributed by atoms with Crippen molar-refractivity contribution in [2.75, 3.05) is 0 Å². The van der Waals surface area contributed by atoms with Crippen molar-refractivity contribution in [2.24, 2.45) is 5.92 Å². The van der Waals surface area contributed by atoms with Crippen molar-refractivity contribution in [3.05, 3.63) is 28.8 Å². The smallest absolute Gasteiger partial charge is 0.428 e. The van der Waals surface area contributed by atoms with Gasteiger partial charge < -0.3 is 9.47 Å². The molecule has 1 aromatic carbocycles. The molecule has 0 amide bonds. The lowest BCUT2D eigenvalue weighted by Crippen LogP contribution is -2.28. The number of carbonyl (C=O) groups excluding carboxylic acids is 1. The number of benzene rings is 1. The normalized spacial score (nSPS) is 13.1. The van der Waals surface area contributed by atoms with Crippen molar-refractivity contribution in [1.29, 1.82) is 0 Å². The minimum absolute atomic E-state index is 0.148. The van der Waals surface area contributed by atoms with E-state index in [1.165, 1.54) is 5.56 Å². The van der Waals surface area contributed by atoms with Crippen LogP contribution < -0.4 is 4.74 Å². The second-order valence-electron chi connectivity index (χ2n) is 10.7. The van der Waals surface area contributed by atoms with Crippen LogP contribution in [0.15, 0.2) is 12.1 Å². The summed E-state index contributed by atoms with van der Waals surface area (Å²) in [4.78, 5) is 12.4. The second-order valence-corrected chi connectivity index (χ2v) is 10.7. The van der Waals surface area contributed by atoms with Gasteiger partial charge in [-0.05, 0) is 49.5 Å². The van der Waals surface area contributed by atoms with E-state index >= 15 is 0 Å². The van der Waals surface area contributed by atoms with E-state index < -0.39 is 11.8 Å². The summed E-state index contributed by atoms with van der Waals surface area (Å²) < 4.78 is 11.2. The van der Waals surface area contributed by atoms with E-state index in [1.54, 1.807) is 0 Å². The van der Waals surface area contributed by atoms with E-state index in [2.05, 4.69) is 67.5 Å². The summed E-state index contributed by atoms with van der Waals surface area (Å²) in [6.07, 6.45) is 0.351. The quantitative estimate of drug-likeness (QED) is 0.438. The highest BCUT2D eigenvalue weighted by Gasteiger charge is 2.30. The molecule has 0 aliphatic rings. The van der Waals surface area contributed by atoms with Crippen LogP contribution in [0.3, 0.4) is 0 Å². The Kier molecular flexibility index (Phi) is 6.60. The molecule has 0 bridgehead atoms. The number of carbonyl (C=O) groups is 1. The molecule has 0 atom stereocenters. The molecule has 0 saturated carbocycles. The fourth-order valence-corrected chi connectivity index (χ4v) is 2.86. The van der Waals surface area contributed by atoms with Gasteiger partial charge in [0.1, 0.15) is 11.4 Å². The first-order chi connectivity index (χ1) is 11.5. The predicted octanol–water partition coefficient (Wildman–Crippen LogP) is 6.79. The number of hydrogen-bond donors (Lipinski definition) is 0. The van der Waals surface area contributed by atoms with E-state index in [4.69, 9.17) is 9.47 Å². The molecule has 26 heavy (non-hydrogen) atoms. The van der Waals surface area contributed by atoms with Gasteiger partial charge in [0.05, 0.1) is 0 Å². The third-order valence-corrected chi connectivity index (χ3v) is 3.98. The molecule has 0 heterocycles. The summed E-state index contributed by atoms with van der Waals surface area (Å²) in [5.74, 6) is 1.21. The van der Waals surface area contributed by atoms with Crippen LogP contribution in [-0.4, -0.2) is 11.8 Å². The van der Waals surface area contributed by atoms with Crippen LogP contribution in [0.25, 0.3) is 0 Å². The second kappa shape index (κ2) is 7.62. The van der Waals surface area contributed by atoms with E-state index in [9.17, 15) is 4.79 Å². The highest BCUT2D eigenvalue weighted by atomic mass is 16.7. The molecule has 0 unspecified atom stereocenters. The molecule has 1 aromatic rings. The lowest BCUT2D eigenvalue weighted by atomic mass is 9.77. The summed E-state index contributed by atoms with van der Waals surface area (Å²) in [5.41, 5.74) is 2.50. The standard InChI is InChI=1S/C23H38O3/c1-15(2)12-16-13-17(21(3,4)5)19(18(14-16)22(6,7)8)25-20(24)26-23(9,10)11/h13-15H,12H2,1-11H3. The van der Waals surface area contributed by atoms with E-state index in [1.807, 2.05) is 20.8 Å². The van der Waals surface area contributed by atoms with Crippen LogP contribution in [0, 0.1) is 5.92 Å². The molecule has 3 heteroatoms. The maximum Gasteiger partial charge on any atom is 0.514 e. The summed E-state index contributed by atoms with van der Waals surface area (Å²) in [6.45, 7) is 22.9. The lowest BCUT2D eigenvalue weighted by molar-refractivity contribution is 0.0199. The Morgan fingerprint density at radius 1 is 0.885 bits per heavy atom. The molecule has 0 spiro atoms. The maximum absolute atomic E-state index is 12.4. The minimum Gasteiger partial charge on any atom is -0.428 e. The zero-order valence-corrected chi connectivity index (χ0v) is 18.7. The first kappa shape index (κ1) is 22.5. The highest BCUT2D eigenvalue weighted by molar-refractivity contribution is 5.67. The Morgan fingerprint density at radius 3 is 1.62 bits per heavy atom. The molecular weight excluding hydrogens is 324 g/mol. The lowest BCUT2D eigenvalue weighted by Gasteiger charge is -2.30. The van der Waals surface area contributed by atoms with Gasteiger partial charge in [-0.15, -0.1) is 0 Å². The molecule has 3 nitrogen and oxygen atoms in total. The Hall–Kier alpha value is -1.51. The first-order valence-electron chi connectivity index (χ1n) is 9.59. The van der Waals surface area contributed by atoms with Crippen LogP contribution in [0.2, 0.25) is 0 Å². The fourth-order valence-electron chi connectivity index (χ4n) is 2.86. The van der Waals surface area contributed by atoms with Crippen LogP contribution >= 0.6 is 0 Å². The zero-order valence-electron chi connectivity index (χ0n) is 18.7. The monoisotopic (exact) mass is 362 g/mol. The summed E-state index contributed by atoms with van der Waals surface area (Å²) >= 11 is 0. The zero-order chi connectivity index (χ0) is 20.5. The molecule has 0 aliphatic heterocycles. The Bertz CT molecular complexity index is 600. The van der Waals surface area contributed by atoms with Crippen molar-refractivity contribution >= 4 is 6.16 Å². The van der Waals surface area contributed by atoms with Gasteiger partial charge in [-0.2, -0.15) is 0 Å². The fraction of sp³-hybridized carbons (Fsp3) is 0.696. The average molecular weight is 363 g/mol. The molecular formula is C23H38O3. The number of hydrogen-bond acceptors (Lipinski definition) is 3. The van der Waals surface area contributed by atoms with Crippen LogP contribution in [-0.2, 0) is 22.0 Å². The molecule has 148 valence electrons. The largest absolute Gasteiger partial charge is 0.514 e. The molecule has 0 fully saturated rings. The van der Waals surface area contributed by atoms with Gasteiger partial charge in [-0.25, -0.2) is 4.79 Å². The summed E-state index contributed by atoms with van der Waals surface area (Å²) in [7, 11) is 0. The average Bonchev–Trinajstić information content (AvgIpc) is 2.34. The Labute approximate surface area is 160 Å². The number of ether oxygens (including phenoxy) is 2. The van der Waals surface area contributed by atoms with Crippen LogP contribution in [0.4, 0.5) is 4.79 Å². The highest BCUT2D eigenvalue weighted by Crippen LogP contribution is 2.41. The Balaban J connectivity index is 3.55. The topological polar surface area (TPSA) is 35.5 Å². The number of rotatable bonds is 3. The van der Waals surface area contributed by atoms with E-state index in [0.717, 1.165) is 17.5 Å². The van der Waals surface area contributed by atoms with Gasteiger partial charge >= 0.3 is 6.16 Å². The van der Waals surface area contributed by atoms with Gasteiger partial charge in [0.25, 0.3) is 0 Å². The van der Waals surface area contributed by atoms with Crippen molar-refractivity contribution in [1.82, 2.24) is 0 Å². The third-order valence-electron chi connectivity index (χ3n) is 3.98. The van der Waals surface area contributed by atoms with Crippen molar-refractivity contribution in [3.8, 4) is 5.75 Å². The van der Waals surface area contributed by atoms with E-state index in [0.29, 0.717) is 11.7 Å². The minimum atomic E-state index is -0.648. The molecule has 0 N–H and O–H groups in total. The molecule has 1 rings (SSSR count). The van der Waals surface area contributed by atoms with Crippen LogP contribution in [0.5, 0.6) is 5.75 Å². The van der Waals surface area contributed by atoms with Gasteiger partial charge in [0, 0.05) is 11.1 Å². The maximum atomic E-state index is 12.4. The van der Waals surface area contributed by atoms with E-state index in [-0.39, 0.29) is 10.8 Å². The third kappa shape index (κ3) is 6.66.